The Morgan fingerprint density at radius 1 is 1.34 bits per heavy atom. The third-order valence-corrected chi connectivity index (χ3v) is 4.98. The number of carbonyl (C=O) groups excluding carboxylic acids is 2. The minimum absolute atomic E-state index is 0.0753. The average Bonchev–Trinajstić information content (AvgIpc) is 2.69. The summed E-state index contributed by atoms with van der Waals surface area (Å²) < 4.78 is 19.0. The number of aromatic nitrogens is 1. The molecule has 154 valence electrons. The number of amides is 1. The summed E-state index contributed by atoms with van der Waals surface area (Å²) in [7, 11) is 0. The lowest BCUT2D eigenvalue weighted by atomic mass is 9.97. The zero-order valence-corrected chi connectivity index (χ0v) is 16.9. The fraction of sp³-hybridized carbons (Fsp3) is 0.409. The number of carbonyl (C=O) groups is 2. The number of benzene rings is 1. The van der Waals surface area contributed by atoms with Crippen molar-refractivity contribution in [2.45, 2.75) is 39.5 Å². The number of aryl methyl sites for hydroxylation is 1. The molecule has 29 heavy (non-hydrogen) atoms. The van der Waals surface area contributed by atoms with Crippen LogP contribution in [0.15, 0.2) is 30.5 Å². The van der Waals surface area contributed by atoms with Gasteiger partial charge in [0.25, 0.3) is 5.91 Å². The Labute approximate surface area is 169 Å². The third-order valence-electron chi connectivity index (χ3n) is 4.98. The standard InChI is InChI=1S/C22H26FN3O3/c1-13(2)16-10-20(26-19-8-14(3)4-5-18(19)23)24-12-17(16)22(28)25-11-15-6-7-29-21(27)9-15/h4-5,8,10,12-13,15H,6-7,9,11H2,1-3H3,(H,24,26)(H,25,28). The Morgan fingerprint density at radius 3 is 2.86 bits per heavy atom. The van der Waals surface area contributed by atoms with Gasteiger partial charge >= 0.3 is 5.97 Å². The summed E-state index contributed by atoms with van der Waals surface area (Å²) in [5, 5.41) is 5.90. The maximum Gasteiger partial charge on any atom is 0.306 e. The molecule has 0 spiro atoms. The molecule has 1 unspecified atom stereocenters. The van der Waals surface area contributed by atoms with Crippen LogP contribution in [0, 0.1) is 18.7 Å². The van der Waals surface area contributed by atoms with Crippen molar-refractivity contribution >= 4 is 23.4 Å². The minimum Gasteiger partial charge on any atom is -0.466 e. The van der Waals surface area contributed by atoms with Gasteiger partial charge < -0.3 is 15.4 Å². The SMILES string of the molecule is Cc1ccc(F)c(Nc2cc(C(C)C)c(C(=O)NCC3CCOC(=O)C3)cn2)c1. The van der Waals surface area contributed by atoms with Crippen molar-refractivity contribution in [3.63, 3.8) is 0 Å². The maximum atomic E-state index is 14.0. The normalized spacial score (nSPS) is 16.4. The van der Waals surface area contributed by atoms with Crippen LogP contribution >= 0.6 is 0 Å². The molecule has 7 heteroatoms. The quantitative estimate of drug-likeness (QED) is 0.716. The van der Waals surface area contributed by atoms with E-state index in [0.29, 0.717) is 36.6 Å². The van der Waals surface area contributed by atoms with E-state index in [1.165, 1.54) is 12.3 Å². The number of anilines is 2. The molecule has 1 saturated heterocycles. The maximum absolute atomic E-state index is 14.0. The smallest absolute Gasteiger partial charge is 0.306 e. The van der Waals surface area contributed by atoms with Crippen LogP contribution in [-0.4, -0.2) is 30.0 Å². The van der Waals surface area contributed by atoms with Crippen LogP contribution in [0.5, 0.6) is 0 Å². The molecule has 0 radical (unpaired) electrons. The first-order valence-corrected chi connectivity index (χ1v) is 9.80. The Kier molecular flexibility index (Phi) is 6.46. The monoisotopic (exact) mass is 399 g/mol. The van der Waals surface area contributed by atoms with E-state index in [0.717, 1.165) is 17.5 Å². The fourth-order valence-corrected chi connectivity index (χ4v) is 3.32. The number of cyclic esters (lactones) is 1. The van der Waals surface area contributed by atoms with Crippen molar-refractivity contribution in [3.8, 4) is 0 Å². The van der Waals surface area contributed by atoms with Gasteiger partial charge in [0.1, 0.15) is 11.6 Å². The number of pyridine rings is 1. The highest BCUT2D eigenvalue weighted by molar-refractivity contribution is 5.96. The van der Waals surface area contributed by atoms with Gasteiger partial charge in [0.15, 0.2) is 0 Å². The number of hydrogen-bond acceptors (Lipinski definition) is 5. The highest BCUT2D eigenvalue weighted by atomic mass is 19.1. The van der Waals surface area contributed by atoms with E-state index in [4.69, 9.17) is 4.74 Å². The van der Waals surface area contributed by atoms with Crippen LogP contribution in [0.2, 0.25) is 0 Å². The molecule has 1 aromatic heterocycles. The molecule has 0 bridgehead atoms. The Morgan fingerprint density at radius 2 is 2.14 bits per heavy atom. The molecular weight excluding hydrogens is 373 g/mol. The predicted molar refractivity (Wildman–Crippen MR) is 109 cm³/mol. The second-order valence-corrected chi connectivity index (χ2v) is 7.71. The summed E-state index contributed by atoms with van der Waals surface area (Å²) in [6.45, 7) is 6.67. The van der Waals surface area contributed by atoms with Crippen molar-refractivity contribution in [2.75, 3.05) is 18.5 Å². The number of esters is 1. The highest BCUT2D eigenvalue weighted by Crippen LogP contribution is 2.25. The lowest BCUT2D eigenvalue weighted by Crippen LogP contribution is -2.34. The lowest BCUT2D eigenvalue weighted by molar-refractivity contribution is -0.149. The number of nitrogens with one attached hydrogen (secondary N) is 2. The van der Waals surface area contributed by atoms with Crippen LogP contribution in [0.4, 0.5) is 15.9 Å². The molecule has 1 atom stereocenters. The van der Waals surface area contributed by atoms with Crippen LogP contribution in [0.25, 0.3) is 0 Å². The summed E-state index contributed by atoms with van der Waals surface area (Å²) in [5.74, 6) is -0.180. The fourth-order valence-electron chi connectivity index (χ4n) is 3.32. The van der Waals surface area contributed by atoms with Gasteiger partial charge in [-0.2, -0.15) is 0 Å². The first-order chi connectivity index (χ1) is 13.8. The van der Waals surface area contributed by atoms with Gasteiger partial charge in [0.05, 0.1) is 24.3 Å². The van der Waals surface area contributed by atoms with Gasteiger partial charge in [-0.3, -0.25) is 9.59 Å². The molecule has 1 aromatic carbocycles. The third kappa shape index (κ3) is 5.31. The lowest BCUT2D eigenvalue weighted by Gasteiger charge is -2.22. The van der Waals surface area contributed by atoms with E-state index in [-0.39, 0.29) is 29.5 Å². The van der Waals surface area contributed by atoms with E-state index in [1.807, 2.05) is 20.8 Å². The van der Waals surface area contributed by atoms with E-state index >= 15 is 0 Å². The van der Waals surface area contributed by atoms with Gasteiger partial charge in [-0.05, 0) is 54.5 Å². The minimum atomic E-state index is -0.365. The first kappa shape index (κ1) is 20.8. The largest absolute Gasteiger partial charge is 0.466 e. The average molecular weight is 399 g/mol. The summed E-state index contributed by atoms with van der Waals surface area (Å²) in [5.41, 5.74) is 2.57. The van der Waals surface area contributed by atoms with Crippen molar-refractivity contribution in [1.82, 2.24) is 10.3 Å². The van der Waals surface area contributed by atoms with Crippen LogP contribution in [-0.2, 0) is 9.53 Å². The molecule has 2 N–H and O–H groups in total. The van der Waals surface area contributed by atoms with Crippen molar-refractivity contribution in [1.29, 1.82) is 0 Å². The second kappa shape index (κ2) is 9.03. The number of rotatable bonds is 6. The van der Waals surface area contributed by atoms with Gasteiger partial charge in [-0.25, -0.2) is 9.37 Å². The summed E-state index contributed by atoms with van der Waals surface area (Å²) >= 11 is 0. The molecular formula is C22H26FN3O3. The summed E-state index contributed by atoms with van der Waals surface area (Å²) in [4.78, 5) is 28.4. The molecule has 6 nitrogen and oxygen atoms in total. The Balaban J connectivity index is 1.74. The number of ether oxygens (including phenoxy) is 1. The molecule has 3 rings (SSSR count). The van der Waals surface area contributed by atoms with E-state index in [9.17, 15) is 14.0 Å². The molecule has 0 aliphatic carbocycles. The molecule has 2 aromatic rings. The summed E-state index contributed by atoms with van der Waals surface area (Å²) in [6.07, 6.45) is 2.57. The van der Waals surface area contributed by atoms with E-state index in [1.54, 1.807) is 18.2 Å². The van der Waals surface area contributed by atoms with Crippen molar-refractivity contribution < 1.29 is 18.7 Å². The zero-order chi connectivity index (χ0) is 21.0. The van der Waals surface area contributed by atoms with Gasteiger partial charge in [-0.1, -0.05) is 19.9 Å². The van der Waals surface area contributed by atoms with Crippen LogP contribution in [0.1, 0.15) is 54.1 Å². The topological polar surface area (TPSA) is 80.3 Å². The number of nitrogens with zero attached hydrogens (tertiary/aromatic N) is 1. The van der Waals surface area contributed by atoms with Crippen molar-refractivity contribution in [2.24, 2.45) is 5.92 Å². The van der Waals surface area contributed by atoms with Gasteiger partial charge in [0.2, 0.25) is 0 Å². The molecule has 2 heterocycles. The number of halogens is 1. The first-order valence-electron chi connectivity index (χ1n) is 9.80. The molecule has 1 aliphatic rings. The molecule has 0 saturated carbocycles. The van der Waals surface area contributed by atoms with E-state index < -0.39 is 0 Å². The van der Waals surface area contributed by atoms with Crippen LogP contribution in [0.3, 0.4) is 0 Å². The number of hydrogen-bond donors (Lipinski definition) is 2. The van der Waals surface area contributed by atoms with E-state index in [2.05, 4.69) is 15.6 Å². The summed E-state index contributed by atoms with van der Waals surface area (Å²) in [6, 6.07) is 6.60. The second-order valence-electron chi connectivity index (χ2n) is 7.71. The predicted octanol–water partition coefficient (Wildman–Crippen LogP) is 4.08. The Bertz CT molecular complexity index is 914. The van der Waals surface area contributed by atoms with Gasteiger partial charge in [0, 0.05) is 12.7 Å². The molecule has 1 fully saturated rings. The zero-order valence-electron chi connectivity index (χ0n) is 16.9. The molecule has 1 amide bonds. The van der Waals surface area contributed by atoms with Gasteiger partial charge in [-0.15, -0.1) is 0 Å². The molecule has 1 aliphatic heterocycles. The highest BCUT2D eigenvalue weighted by Gasteiger charge is 2.22. The van der Waals surface area contributed by atoms with Crippen molar-refractivity contribution in [3.05, 3.63) is 53.0 Å². The Hall–Kier alpha value is -2.96. The van der Waals surface area contributed by atoms with Crippen LogP contribution < -0.4 is 10.6 Å².